The topological polar surface area (TPSA) is 72.2 Å². The zero-order chi connectivity index (χ0) is 15.6. The van der Waals surface area contributed by atoms with Crippen molar-refractivity contribution < 1.29 is 12.8 Å². The van der Waals surface area contributed by atoms with Gasteiger partial charge in [-0.25, -0.2) is 12.8 Å². The molecule has 0 spiro atoms. The SMILES string of the molecule is Cc1cc(S(=O)(=O)Nc2ccc(F)cc2C)ccc1CN. The molecule has 0 aromatic heterocycles. The molecule has 0 radical (unpaired) electrons. The Morgan fingerprint density at radius 1 is 1.10 bits per heavy atom. The number of aryl methyl sites for hydroxylation is 2. The van der Waals surface area contributed by atoms with Crippen molar-refractivity contribution in [1.82, 2.24) is 0 Å². The van der Waals surface area contributed by atoms with Crippen molar-refractivity contribution >= 4 is 15.7 Å². The molecule has 3 N–H and O–H groups in total. The van der Waals surface area contributed by atoms with Crippen LogP contribution in [0.2, 0.25) is 0 Å². The van der Waals surface area contributed by atoms with E-state index in [-0.39, 0.29) is 4.90 Å². The fourth-order valence-corrected chi connectivity index (χ4v) is 3.23. The number of anilines is 1. The quantitative estimate of drug-likeness (QED) is 0.912. The van der Waals surface area contributed by atoms with Crippen molar-refractivity contribution in [3.8, 4) is 0 Å². The van der Waals surface area contributed by atoms with Gasteiger partial charge < -0.3 is 5.73 Å². The Morgan fingerprint density at radius 3 is 2.38 bits per heavy atom. The van der Waals surface area contributed by atoms with E-state index < -0.39 is 15.8 Å². The number of nitrogens with two attached hydrogens (primary N) is 1. The second kappa shape index (κ2) is 5.83. The highest BCUT2D eigenvalue weighted by Crippen LogP contribution is 2.22. The van der Waals surface area contributed by atoms with Crippen LogP contribution in [0.3, 0.4) is 0 Å². The molecule has 4 nitrogen and oxygen atoms in total. The number of nitrogens with one attached hydrogen (secondary N) is 1. The lowest BCUT2D eigenvalue weighted by Crippen LogP contribution is -2.14. The molecule has 2 rings (SSSR count). The Bertz CT molecular complexity index is 773. The summed E-state index contributed by atoms with van der Waals surface area (Å²) in [5.74, 6) is -0.404. The Balaban J connectivity index is 2.36. The fourth-order valence-electron chi connectivity index (χ4n) is 2.01. The molecule has 0 bridgehead atoms. The van der Waals surface area contributed by atoms with Crippen molar-refractivity contribution in [1.29, 1.82) is 0 Å². The van der Waals surface area contributed by atoms with Crippen LogP contribution in [0.4, 0.5) is 10.1 Å². The zero-order valence-electron chi connectivity index (χ0n) is 11.9. The molecule has 2 aromatic rings. The predicted molar refractivity (Wildman–Crippen MR) is 81.0 cm³/mol. The van der Waals surface area contributed by atoms with Gasteiger partial charge in [-0.05, 0) is 60.9 Å². The van der Waals surface area contributed by atoms with Crippen molar-refractivity contribution in [3.63, 3.8) is 0 Å². The van der Waals surface area contributed by atoms with Gasteiger partial charge in [0.05, 0.1) is 10.6 Å². The van der Waals surface area contributed by atoms with E-state index >= 15 is 0 Å². The van der Waals surface area contributed by atoms with Gasteiger partial charge in [0.25, 0.3) is 10.0 Å². The molecule has 0 fully saturated rings. The van der Waals surface area contributed by atoms with Crippen LogP contribution in [0.15, 0.2) is 41.3 Å². The number of benzene rings is 2. The van der Waals surface area contributed by atoms with Crippen molar-refractivity contribution in [2.24, 2.45) is 5.73 Å². The highest BCUT2D eigenvalue weighted by molar-refractivity contribution is 7.92. The van der Waals surface area contributed by atoms with Crippen LogP contribution in [0.25, 0.3) is 0 Å². The molecule has 6 heteroatoms. The van der Waals surface area contributed by atoms with Crippen LogP contribution >= 0.6 is 0 Å². The first-order valence-corrected chi connectivity index (χ1v) is 7.90. The van der Waals surface area contributed by atoms with Crippen LogP contribution in [0, 0.1) is 19.7 Å². The van der Waals surface area contributed by atoms with E-state index in [0.29, 0.717) is 17.8 Å². The van der Waals surface area contributed by atoms with Gasteiger partial charge in [-0.3, -0.25) is 4.72 Å². The summed E-state index contributed by atoms with van der Waals surface area (Å²) < 4.78 is 40.2. The minimum Gasteiger partial charge on any atom is -0.326 e. The highest BCUT2D eigenvalue weighted by Gasteiger charge is 2.16. The monoisotopic (exact) mass is 308 g/mol. The van der Waals surface area contributed by atoms with Crippen molar-refractivity contribution in [2.45, 2.75) is 25.3 Å². The second-order valence-corrected chi connectivity index (χ2v) is 6.54. The third-order valence-corrected chi connectivity index (χ3v) is 4.64. The summed E-state index contributed by atoms with van der Waals surface area (Å²) in [5, 5.41) is 0. The van der Waals surface area contributed by atoms with Gasteiger partial charge in [-0.1, -0.05) is 6.07 Å². The van der Waals surface area contributed by atoms with Crippen LogP contribution < -0.4 is 10.5 Å². The molecule has 0 aliphatic rings. The highest BCUT2D eigenvalue weighted by atomic mass is 32.2. The average Bonchev–Trinajstić information content (AvgIpc) is 2.42. The number of halogens is 1. The zero-order valence-corrected chi connectivity index (χ0v) is 12.7. The molecular formula is C15H17FN2O2S. The summed E-state index contributed by atoms with van der Waals surface area (Å²) >= 11 is 0. The standard InChI is InChI=1S/C15H17FN2O2S/c1-10-8-14(5-3-12(10)9-17)21(19,20)18-15-6-4-13(16)7-11(15)2/h3-8,18H,9,17H2,1-2H3. The molecule has 0 aliphatic heterocycles. The van der Waals surface area contributed by atoms with E-state index in [1.54, 1.807) is 19.1 Å². The van der Waals surface area contributed by atoms with E-state index in [1.165, 1.54) is 24.3 Å². The minimum absolute atomic E-state index is 0.154. The van der Waals surface area contributed by atoms with Gasteiger partial charge in [0.15, 0.2) is 0 Å². The Kier molecular flexibility index (Phi) is 4.29. The third kappa shape index (κ3) is 3.40. The lowest BCUT2D eigenvalue weighted by atomic mass is 10.1. The van der Waals surface area contributed by atoms with Gasteiger partial charge >= 0.3 is 0 Å². The van der Waals surface area contributed by atoms with E-state index in [9.17, 15) is 12.8 Å². The molecule has 0 heterocycles. The number of hydrogen-bond acceptors (Lipinski definition) is 3. The van der Waals surface area contributed by atoms with E-state index in [4.69, 9.17) is 5.73 Å². The van der Waals surface area contributed by atoms with Gasteiger partial charge in [0, 0.05) is 6.54 Å². The minimum atomic E-state index is -3.71. The molecule has 0 saturated carbocycles. The molecule has 112 valence electrons. The van der Waals surface area contributed by atoms with E-state index in [0.717, 1.165) is 11.1 Å². The first-order chi connectivity index (χ1) is 9.83. The Hall–Kier alpha value is -1.92. The molecule has 0 aliphatic carbocycles. The van der Waals surface area contributed by atoms with E-state index in [1.807, 2.05) is 6.92 Å². The molecule has 2 aromatic carbocycles. The Labute approximate surface area is 123 Å². The summed E-state index contributed by atoms with van der Waals surface area (Å²) in [6.45, 7) is 3.81. The third-order valence-electron chi connectivity index (χ3n) is 3.28. The average molecular weight is 308 g/mol. The van der Waals surface area contributed by atoms with Crippen molar-refractivity contribution in [2.75, 3.05) is 4.72 Å². The lowest BCUT2D eigenvalue weighted by molar-refractivity contribution is 0.600. The molecular weight excluding hydrogens is 291 g/mol. The number of hydrogen-bond donors (Lipinski definition) is 2. The number of rotatable bonds is 4. The summed E-state index contributed by atoms with van der Waals surface area (Å²) in [6, 6.07) is 8.68. The lowest BCUT2D eigenvalue weighted by Gasteiger charge is -2.12. The first-order valence-electron chi connectivity index (χ1n) is 6.42. The van der Waals surface area contributed by atoms with Crippen LogP contribution in [-0.2, 0) is 16.6 Å². The Morgan fingerprint density at radius 2 is 1.81 bits per heavy atom. The van der Waals surface area contributed by atoms with Gasteiger partial charge in [-0.2, -0.15) is 0 Å². The smallest absolute Gasteiger partial charge is 0.261 e. The van der Waals surface area contributed by atoms with Crippen molar-refractivity contribution in [3.05, 3.63) is 58.9 Å². The summed E-state index contributed by atoms with van der Waals surface area (Å²) in [4.78, 5) is 0.154. The normalized spacial score (nSPS) is 11.4. The fraction of sp³-hybridized carbons (Fsp3) is 0.200. The maximum atomic E-state index is 13.1. The van der Waals surface area contributed by atoms with E-state index in [2.05, 4.69) is 4.72 Å². The van der Waals surface area contributed by atoms with Gasteiger partial charge in [0.1, 0.15) is 5.82 Å². The first kappa shape index (κ1) is 15.5. The molecule has 0 saturated heterocycles. The summed E-state index contributed by atoms with van der Waals surface area (Å²) in [7, 11) is -3.71. The molecule has 0 unspecified atom stereocenters. The molecule has 0 atom stereocenters. The molecule has 0 amide bonds. The van der Waals surface area contributed by atoms with Gasteiger partial charge in [-0.15, -0.1) is 0 Å². The summed E-state index contributed by atoms with van der Waals surface area (Å²) in [6.07, 6.45) is 0. The summed E-state index contributed by atoms with van der Waals surface area (Å²) in [5.41, 5.74) is 8.16. The largest absolute Gasteiger partial charge is 0.326 e. The van der Waals surface area contributed by atoms with Crippen LogP contribution in [0.5, 0.6) is 0 Å². The second-order valence-electron chi connectivity index (χ2n) is 4.86. The molecule has 21 heavy (non-hydrogen) atoms. The van der Waals surface area contributed by atoms with Crippen LogP contribution in [-0.4, -0.2) is 8.42 Å². The maximum absolute atomic E-state index is 13.1. The predicted octanol–water partition coefficient (Wildman–Crippen LogP) is 2.70. The van der Waals surface area contributed by atoms with Crippen LogP contribution in [0.1, 0.15) is 16.7 Å². The maximum Gasteiger partial charge on any atom is 0.261 e. The van der Waals surface area contributed by atoms with Gasteiger partial charge in [0.2, 0.25) is 0 Å². The number of sulfonamides is 1.